The highest BCUT2D eigenvalue weighted by Gasteiger charge is 2.15. The van der Waals surface area contributed by atoms with Gasteiger partial charge in [-0.15, -0.1) is 11.3 Å². The van der Waals surface area contributed by atoms with Crippen LogP contribution in [0.1, 0.15) is 23.0 Å². The van der Waals surface area contributed by atoms with E-state index < -0.39 is 18.5 Å². The van der Waals surface area contributed by atoms with Crippen LogP contribution in [0, 0.1) is 6.92 Å². The van der Waals surface area contributed by atoms with E-state index in [1.165, 1.54) is 12.3 Å². The van der Waals surface area contributed by atoms with Crippen LogP contribution < -0.4 is 10.6 Å². The molecule has 0 aliphatic rings. The number of hydrogen-bond donors (Lipinski definition) is 2. The van der Waals surface area contributed by atoms with Crippen LogP contribution in [0.15, 0.2) is 23.6 Å². The molecule has 1 heterocycles. The van der Waals surface area contributed by atoms with Gasteiger partial charge in [-0.1, -0.05) is 17.7 Å². The van der Waals surface area contributed by atoms with Gasteiger partial charge in [-0.25, -0.2) is 9.78 Å². The number of rotatable bonds is 5. The van der Waals surface area contributed by atoms with E-state index in [1.54, 1.807) is 25.1 Å². The van der Waals surface area contributed by atoms with Crippen LogP contribution in [0.4, 0.5) is 10.8 Å². The molecule has 0 unspecified atom stereocenters. The number of nitrogens with one attached hydrogen (secondary N) is 2. The Labute approximate surface area is 147 Å². The Morgan fingerprint density at radius 1 is 1.29 bits per heavy atom. The van der Waals surface area contributed by atoms with Gasteiger partial charge < -0.3 is 15.4 Å². The highest BCUT2D eigenvalue weighted by molar-refractivity contribution is 7.14. The summed E-state index contributed by atoms with van der Waals surface area (Å²) < 4.78 is 4.90. The number of amides is 2. The van der Waals surface area contributed by atoms with Gasteiger partial charge in [0.05, 0.1) is 0 Å². The Kier molecular flexibility index (Phi) is 5.88. The number of benzene rings is 1. The standard InChI is InChI=1S/C15H14ClN3O4S/c1-8-10(16)4-3-5-11(8)18-13(21)6-23-14(22)12-7-24-15(19-12)17-9(2)20/h3-5,7H,6H2,1-2H3,(H,18,21)(H,17,19,20). The first-order chi connectivity index (χ1) is 11.4. The van der Waals surface area contributed by atoms with Crippen LogP contribution in [0.3, 0.4) is 0 Å². The molecule has 0 aliphatic carbocycles. The van der Waals surface area contributed by atoms with Gasteiger partial charge in [0.2, 0.25) is 5.91 Å². The Hall–Kier alpha value is -2.45. The van der Waals surface area contributed by atoms with Crippen LogP contribution in [0.2, 0.25) is 5.02 Å². The molecule has 1 aromatic carbocycles. The topological polar surface area (TPSA) is 97.4 Å². The third kappa shape index (κ3) is 4.77. The fraction of sp³-hybridized carbons (Fsp3) is 0.200. The SMILES string of the molecule is CC(=O)Nc1nc(C(=O)OCC(=O)Nc2cccc(Cl)c2C)cs1. The number of esters is 1. The maximum absolute atomic E-state index is 11.9. The van der Waals surface area contributed by atoms with E-state index in [2.05, 4.69) is 15.6 Å². The van der Waals surface area contributed by atoms with Gasteiger partial charge in [-0.05, 0) is 24.6 Å². The fourth-order valence-corrected chi connectivity index (χ4v) is 2.61. The predicted molar refractivity (Wildman–Crippen MR) is 91.5 cm³/mol. The van der Waals surface area contributed by atoms with Gasteiger partial charge in [0, 0.05) is 23.0 Å². The number of ether oxygens (including phenoxy) is 1. The van der Waals surface area contributed by atoms with Crippen LogP contribution in [0.25, 0.3) is 0 Å². The molecule has 24 heavy (non-hydrogen) atoms. The smallest absolute Gasteiger partial charge is 0.358 e. The van der Waals surface area contributed by atoms with E-state index >= 15 is 0 Å². The second-order valence-corrected chi connectivity index (χ2v) is 6.02. The van der Waals surface area contributed by atoms with Gasteiger partial charge in [0.1, 0.15) is 0 Å². The zero-order valence-corrected chi connectivity index (χ0v) is 14.5. The lowest BCUT2D eigenvalue weighted by Crippen LogP contribution is -2.21. The average molecular weight is 368 g/mol. The maximum Gasteiger partial charge on any atom is 0.358 e. The first kappa shape index (κ1) is 17.9. The van der Waals surface area contributed by atoms with Crippen molar-refractivity contribution < 1.29 is 19.1 Å². The molecule has 0 spiro atoms. The summed E-state index contributed by atoms with van der Waals surface area (Å²) in [6.07, 6.45) is 0. The third-order valence-electron chi connectivity index (χ3n) is 2.87. The molecule has 0 aliphatic heterocycles. The van der Waals surface area contributed by atoms with Gasteiger partial charge in [0.15, 0.2) is 17.4 Å². The summed E-state index contributed by atoms with van der Waals surface area (Å²) in [4.78, 5) is 38.5. The summed E-state index contributed by atoms with van der Waals surface area (Å²) in [5.74, 6) is -1.53. The van der Waals surface area contributed by atoms with E-state index in [1.807, 2.05) is 0 Å². The third-order valence-corrected chi connectivity index (χ3v) is 4.04. The summed E-state index contributed by atoms with van der Waals surface area (Å²) in [5, 5.41) is 7.32. The van der Waals surface area contributed by atoms with Gasteiger partial charge in [0.25, 0.3) is 5.91 Å². The minimum atomic E-state index is -0.749. The molecule has 0 radical (unpaired) electrons. The van der Waals surface area contributed by atoms with Gasteiger partial charge >= 0.3 is 5.97 Å². The summed E-state index contributed by atoms with van der Waals surface area (Å²) >= 11 is 7.06. The molecule has 2 aromatic rings. The van der Waals surface area contributed by atoms with Crippen molar-refractivity contribution in [2.24, 2.45) is 0 Å². The van der Waals surface area contributed by atoms with E-state index in [9.17, 15) is 14.4 Å². The van der Waals surface area contributed by atoms with Crippen molar-refractivity contribution in [1.29, 1.82) is 0 Å². The molecule has 0 bridgehead atoms. The minimum absolute atomic E-state index is 0.0236. The number of carbonyl (C=O) groups is 3. The first-order valence-electron chi connectivity index (χ1n) is 6.82. The number of halogens is 1. The first-order valence-corrected chi connectivity index (χ1v) is 8.08. The van der Waals surface area contributed by atoms with E-state index in [-0.39, 0.29) is 16.7 Å². The highest BCUT2D eigenvalue weighted by Crippen LogP contribution is 2.22. The van der Waals surface area contributed by atoms with Crippen molar-refractivity contribution in [3.05, 3.63) is 39.9 Å². The quantitative estimate of drug-likeness (QED) is 0.792. The van der Waals surface area contributed by atoms with E-state index in [4.69, 9.17) is 16.3 Å². The Morgan fingerprint density at radius 3 is 2.75 bits per heavy atom. The average Bonchev–Trinajstić information content (AvgIpc) is 2.97. The maximum atomic E-state index is 11.9. The summed E-state index contributed by atoms with van der Waals surface area (Å²) in [6, 6.07) is 5.11. The molecular formula is C15H14ClN3O4S. The summed E-state index contributed by atoms with van der Waals surface area (Å²) in [5.41, 5.74) is 1.29. The lowest BCUT2D eigenvalue weighted by molar-refractivity contribution is -0.119. The van der Waals surface area contributed by atoms with E-state index in [0.29, 0.717) is 10.7 Å². The lowest BCUT2D eigenvalue weighted by atomic mass is 10.2. The number of nitrogens with zero attached hydrogens (tertiary/aromatic N) is 1. The number of carbonyl (C=O) groups excluding carboxylic acids is 3. The monoisotopic (exact) mass is 367 g/mol. The van der Waals surface area contributed by atoms with Crippen molar-refractivity contribution in [2.45, 2.75) is 13.8 Å². The molecule has 126 valence electrons. The second-order valence-electron chi connectivity index (χ2n) is 4.76. The number of thiazole rings is 1. The Balaban J connectivity index is 1.89. The van der Waals surface area contributed by atoms with Crippen molar-refractivity contribution in [2.75, 3.05) is 17.2 Å². The molecule has 2 N–H and O–H groups in total. The van der Waals surface area contributed by atoms with Gasteiger partial charge in [-0.3, -0.25) is 9.59 Å². The molecule has 2 rings (SSSR count). The molecule has 7 nitrogen and oxygen atoms in total. The van der Waals surface area contributed by atoms with Crippen LogP contribution in [0.5, 0.6) is 0 Å². The fourth-order valence-electron chi connectivity index (χ4n) is 1.71. The number of aromatic nitrogens is 1. The number of hydrogen-bond acceptors (Lipinski definition) is 6. The Morgan fingerprint density at radius 2 is 2.04 bits per heavy atom. The lowest BCUT2D eigenvalue weighted by Gasteiger charge is -2.09. The predicted octanol–water partition coefficient (Wildman–Crippen LogP) is 2.86. The van der Waals surface area contributed by atoms with Crippen LogP contribution in [-0.4, -0.2) is 29.4 Å². The summed E-state index contributed by atoms with van der Waals surface area (Å²) in [7, 11) is 0. The normalized spacial score (nSPS) is 10.1. The van der Waals surface area contributed by atoms with E-state index in [0.717, 1.165) is 16.9 Å². The van der Waals surface area contributed by atoms with Crippen molar-refractivity contribution >= 4 is 51.5 Å². The highest BCUT2D eigenvalue weighted by atomic mass is 35.5. The summed E-state index contributed by atoms with van der Waals surface area (Å²) in [6.45, 7) is 2.64. The van der Waals surface area contributed by atoms with Crippen LogP contribution >= 0.6 is 22.9 Å². The molecular weight excluding hydrogens is 354 g/mol. The molecule has 0 atom stereocenters. The largest absolute Gasteiger partial charge is 0.451 e. The molecule has 0 saturated heterocycles. The molecule has 2 amide bonds. The molecule has 1 aromatic heterocycles. The minimum Gasteiger partial charge on any atom is -0.451 e. The van der Waals surface area contributed by atoms with Gasteiger partial charge in [-0.2, -0.15) is 0 Å². The zero-order valence-electron chi connectivity index (χ0n) is 12.9. The molecule has 9 heteroatoms. The second kappa shape index (κ2) is 7.89. The van der Waals surface area contributed by atoms with Crippen molar-refractivity contribution in [1.82, 2.24) is 4.98 Å². The molecule has 0 fully saturated rings. The molecule has 0 saturated carbocycles. The number of anilines is 2. The Bertz CT molecular complexity index is 791. The zero-order chi connectivity index (χ0) is 17.7. The van der Waals surface area contributed by atoms with Crippen LogP contribution in [-0.2, 0) is 14.3 Å². The van der Waals surface area contributed by atoms with Crippen molar-refractivity contribution in [3.8, 4) is 0 Å². The van der Waals surface area contributed by atoms with Crippen molar-refractivity contribution in [3.63, 3.8) is 0 Å².